The summed E-state index contributed by atoms with van der Waals surface area (Å²) in [7, 11) is 0. The van der Waals surface area contributed by atoms with Crippen molar-refractivity contribution in [2.24, 2.45) is 5.92 Å². The number of rotatable bonds is 8. The van der Waals surface area contributed by atoms with Crippen LogP contribution in [0.3, 0.4) is 0 Å². The Bertz CT molecular complexity index is 963. The first kappa shape index (κ1) is 25.2. The highest BCUT2D eigenvalue weighted by atomic mass is 19.4. The van der Waals surface area contributed by atoms with Crippen molar-refractivity contribution in [3.8, 4) is 5.75 Å². The minimum Gasteiger partial charge on any atom is -0.490 e. The fourth-order valence-corrected chi connectivity index (χ4v) is 4.31. The molecule has 33 heavy (non-hydrogen) atoms. The third-order valence-corrected chi connectivity index (χ3v) is 5.87. The minimum absolute atomic E-state index is 0.0111. The van der Waals surface area contributed by atoms with Crippen LogP contribution in [0.2, 0.25) is 0 Å². The molecule has 0 atom stereocenters. The van der Waals surface area contributed by atoms with Crippen molar-refractivity contribution in [2.75, 3.05) is 13.2 Å². The summed E-state index contributed by atoms with van der Waals surface area (Å²) in [6.45, 7) is 3.01. The molecule has 0 radical (unpaired) electrons. The van der Waals surface area contributed by atoms with E-state index in [1.165, 1.54) is 6.07 Å². The molecule has 1 aliphatic rings. The lowest BCUT2D eigenvalue weighted by Gasteiger charge is -2.31. The monoisotopic (exact) mass is 473 g/mol. The fraction of sp³-hybridized carbons (Fsp3) is 0.542. The van der Waals surface area contributed by atoms with E-state index in [2.05, 4.69) is 5.32 Å². The third-order valence-electron chi connectivity index (χ3n) is 5.87. The Labute approximate surface area is 189 Å². The Hall–Kier alpha value is -2.42. The molecule has 1 saturated carbocycles. The fourth-order valence-electron chi connectivity index (χ4n) is 4.31. The van der Waals surface area contributed by atoms with E-state index in [4.69, 9.17) is 9.47 Å². The van der Waals surface area contributed by atoms with Gasteiger partial charge in [-0.2, -0.15) is 13.2 Å². The number of carbonyl (C=O) groups is 1. The molecule has 4 nitrogen and oxygen atoms in total. The molecule has 0 amide bonds. The largest absolute Gasteiger partial charge is 0.490 e. The van der Waals surface area contributed by atoms with E-state index < -0.39 is 30.1 Å². The summed E-state index contributed by atoms with van der Waals surface area (Å²) in [5, 5.41) is 3.83. The second-order valence-corrected chi connectivity index (χ2v) is 8.38. The highest BCUT2D eigenvalue weighted by molar-refractivity contribution is 5.91. The number of hydrogen-bond acceptors (Lipinski definition) is 4. The summed E-state index contributed by atoms with van der Waals surface area (Å²) in [5.41, 5.74) is 0.435. The zero-order chi connectivity index (χ0) is 24.2. The van der Waals surface area contributed by atoms with Gasteiger partial charge in [0, 0.05) is 13.5 Å². The highest BCUT2D eigenvalue weighted by Gasteiger charge is 2.42. The predicted molar refractivity (Wildman–Crippen MR) is 114 cm³/mol. The number of ether oxygens (including phenoxy) is 2. The zero-order valence-corrected chi connectivity index (χ0v) is 18.6. The number of esters is 1. The predicted octanol–water partition coefficient (Wildman–Crippen LogP) is 6.10. The van der Waals surface area contributed by atoms with Gasteiger partial charge in [0.1, 0.15) is 5.75 Å². The molecule has 0 bridgehead atoms. The number of halogens is 5. The van der Waals surface area contributed by atoms with E-state index in [1.807, 2.05) is 0 Å². The van der Waals surface area contributed by atoms with Crippen LogP contribution in [0.4, 0.5) is 22.0 Å². The van der Waals surface area contributed by atoms with Crippen molar-refractivity contribution < 1.29 is 36.2 Å². The molecule has 1 fully saturated rings. The average Bonchev–Trinajstić information content (AvgIpc) is 2.72. The number of nitrogens with one attached hydrogen (secondary N) is 1. The summed E-state index contributed by atoms with van der Waals surface area (Å²) in [6, 6.07) is 8.13. The van der Waals surface area contributed by atoms with Gasteiger partial charge in [0.05, 0.1) is 30.7 Å². The van der Waals surface area contributed by atoms with E-state index >= 15 is 0 Å². The third kappa shape index (κ3) is 6.34. The Kier molecular flexibility index (Phi) is 7.82. The van der Waals surface area contributed by atoms with Crippen LogP contribution in [0.5, 0.6) is 5.75 Å². The second-order valence-electron chi connectivity index (χ2n) is 8.38. The highest BCUT2D eigenvalue weighted by Crippen LogP contribution is 2.43. The van der Waals surface area contributed by atoms with Crippen LogP contribution < -0.4 is 10.1 Å². The maximum atomic E-state index is 14.7. The van der Waals surface area contributed by atoms with Gasteiger partial charge in [0.2, 0.25) is 0 Å². The molecule has 0 spiro atoms. The molecule has 0 aromatic heterocycles. The van der Waals surface area contributed by atoms with Crippen molar-refractivity contribution in [3.05, 3.63) is 41.5 Å². The molecule has 2 aromatic carbocycles. The van der Waals surface area contributed by atoms with E-state index in [-0.39, 0.29) is 56.7 Å². The van der Waals surface area contributed by atoms with Crippen LogP contribution in [0.25, 0.3) is 10.8 Å². The first-order chi connectivity index (χ1) is 15.5. The van der Waals surface area contributed by atoms with Crippen LogP contribution in [-0.4, -0.2) is 31.4 Å². The SMILES string of the molecule is CCOC(=O)CNCc1cccc2c(C(C)(F)F)c(OC3CCC(C(F)(F)F)CC3)ccc12. The summed E-state index contributed by atoms with van der Waals surface area (Å²) in [4.78, 5) is 11.5. The van der Waals surface area contributed by atoms with Crippen molar-refractivity contribution in [2.45, 2.75) is 64.3 Å². The van der Waals surface area contributed by atoms with Crippen molar-refractivity contribution >= 4 is 16.7 Å². The molecule has 9 heteroatoms. The van der Waals surface area contributed by atoms with Crippen LogP contribution in [0, 0.1) is 5.92 Å². The van der Waals surface area contributed by atoms with Crippen molar-refractivity contribution in [1.82, 2.24) is 5.32 Å². The molecule has 182 valence electrons. The molecule has 1 aliphatic carbocycles. The van der Waals surface area contributed by atoms with Gasteiger partial charge in [-0.15, -0.1) is 0 Å². The van der Waals surface area contributed by atoms with Crippen molar-refractivity contribution in [3.63, 3.8) is 0 Å². The van der Waals surface area contributed by atoms with Gasteiger partial charge in [-0.25, -0.2) is 8.78 Å². The van der Waals surface area contributed by atoms with Gasteiger partial charge >= 0.3 is 12.1 Å². The minimum atomic E-state index is -4.24. The van der Waals surface area contributed by atoms with E-state index in [0.29, 0.717) is 10.8 Å². The summed E-state index contributed by atoms with van der Waals surface area (Å²) >= 11 is 0. The molecule has 0 heterocycles. The quantitative estimate of drug-likeness (QED) is 0.372. The van der Waals surface area contributed by atoms with Crippen LogP contribution in [0.1, 0.15) is 50.7 Å². The number of benzene rings is 2. The number of hydrogen-bond donors (Lipinski definition) is 1. The van der Waals surface area contributed by atoms with Gasteiger partial charge in [-0.3, -0.25) is 4.79 Å². The number of alkyl halides is 5. The van der Waals surface area contributed by atoms with Gasteiger partial charge < -0.3 is 14.8 Å². The molecule has 0 saturated heterocycles. The molecular formula is C24H28F5NO3. The van der Waals surface area contributed by atoms with E-state index in [0.717, 1.165) is 12.5 Å². The Morgan fingerprint density at radius 3 is 2.33 bits per heavy atom. The Balaban J connectivity index is 1.83. The maximum absolute atomic E-state index is 14.7. The lowest BCUT2D eigenvalue weighted by Crippen LogP contribution is -2.32. The second kappa shape index (κ2) is 10.2. The number of carbonyl (C=O) groups excluding carboxylic acids is 1. The smallest absolute Gasteiger partial charge is 0.391 e. The first-order valence-electron chi connectivity index (χ1n) is 11.0. The Morgan fingerprint density at radius 2 is 1.73 bits per heavy atom. The lowest BCUT2D eigenvalue weighted by molar-refractivity contribution is -0.185. The molecular weight excluding hydrogens is 445 g/mol. The normalized spacial score (nSPS) is 19.5. The van der Waals surface area contributed by atoms with Gasteiger partial charge in [0.15, 0.2) is 0 Å². The van der Waals surface area contributed by atoms with E-state index in [1.54, 1.807) is 31.2 Å². The summed E-state index contributed by atoms with van der Waals surface area (Å²) in [6.07, 6.45) is -4.61. The summed E-state index contributed by atoms with van der Waals surface area (Å²) in [5.74, 6) is -5.02. The maximum Gasteiger partial charge on any atom is 0.391 e. The molecule has 1 N–H and O–H groups in total. The van der Waals surface area contributed by atoms with Crippen LogP contribution >= 0.6 is 0 Å². The van der Waals surface area contributed by atoms with E-state index in [9.17, 15) is 26.7 Å². The average molecular weight is 473 g/mol. The summed E-state index contributed by atoms with van der Waals surface area (Å²) < 4.78 is 78.9. The molecule has 0 aliphatic heterocycles. The standard InChI is InChI=1S/C24H28F5NO3/c1-3-32-21(31)14-30-13-15-5-4-6-19-18(15)11-12-20(22(19)23(2,25)26)33-17-9-7-16(8-10-17)24(27,28)29/h4-6,11-12,16-17,30H,3,7-10,13-14H2,1-2H3. The van der Waals surface area contributed by atoms with Crippen molar-refractivity contribution in [1.29, 1.82) is 0 Å². The lowest BCUT2D eigenvalue weighted by atomic mass is 9.87. The van der Waals surface area contributed by atoms with Gasteiger partial charge in [0.25, 0.3) is 5.92 Å². The molecule has 3 rings (SSSR count). The van der Waals surface area contributed by atoms with Crippen LogP contribution in [0.15, 0.2) is 30.3 Å². The van der Waals surface area contributed by atoms with Gasteiger partial charge in [-0.05, 0) is 55.0 Å². The zero-order valence-electron chi connectivity index (χ0n) is 18.6. The number of fused-ring (bicyclic) bond motifs is 1. The topological polar surface area (TPSA) is 47.6 Å². The molecule has 2 aromatic rings. The first-order valence-corrected chi connectivity index (χ1v) is 11.0. The van der Waals surface area contributed by atoms with Crippen LogP contribution in [-0.2, 0) is 22.0 Å². The van der Waals surface area contributed by atoms with Gasteiger partial charge in [-0.1, -0.05) is 24.3 Å². The Morgan fingerprint density at radius 1 is 1.03 bits per heavy atom. The molecule has 0 unspecified atom stereocenters.